The van der Waals surface area contributed by atoms with E-state index < -0.39 is 16.1 Å². The fourth-order valence-corrected chi connectivity index (χ4v) is 5.51. The molecule has 0 atom stereocenters. The van der Waals surface area contributed by atoms with Gasteiger partial charge >= 0.3 is 0 Å². The van der Waals surface area contributed by atoms with Crippen LogP contribution in [0.15, 0.2) is 12.1 Å². The Bertz CT molecular complexity index is 378. The van der Waals surface area contributed by atoms with Gasteiger partial charge in [-0.2, -0.15) is 0 Å². The van der Waals surface area contributed by atoms with Gasteiger partial charge in [-0.1, -0.05) is 51.4 Å². The smallest absolute Gasteiger partial charge is 0.0487 e. The Kier molecular flexibility index (Phi) is 4.66. The lowest BCUT2D eigenvalue weighted by atomic mass is 10.0. The molecule has 0 unspecified atom stereocenters. The molecular formula is C16H30Si2. The van der Waals surface area contributed by atoms with Crippen LogP contribution in [0.1, 0.15) is 22.3 Å². The summed E-state index contributed by atoms with van der Waals surface area (Å²) >= 11 is 0. The first-order valence-electron chi connectivity index (χ1n) is 7.07. The van der Waals surface area contributed by atoms with E-state index in [0.717, 1.165) is 0 Å². The topological polar surface area (TPSA) is 0 Å². The minimum absolute atomic E-state index is 1.01. The molecule has 2 heteroatoms. The minimum Gasteiger partial charge on any atom is -0.0693 e. The van der Waals surface area contributed by atoms with Crippen molar-refractivity contribution in [2.75, 3.05) is 0 Å². The molecule has 1 aromatic carbocycles. The van der Waals surface area contributed by atoms with Gasteiger partial charge in [-0.25, -0.2) is 0 Å². The summed E-state index contributed by atoms with van der Waals surface area (Å²) in [5, 5.41) is 0. The van der Waals surface area contributed by atoms with Crippen LogP contribution in [-0.2, 0) is 12.1 Å². The standard InChI is InChI=1S/C16H30Si2/c1-13-9-16(12-18(6,7)8)14(2)10-15(13)11-17(3,4)5/h9-10H,11-12H2,1-8H3. The molecule has 0 saturated carbocycles. The molecule has 0 aromatic heterocycles. The van der Waals surface area contributed by atoms with E-state index in [2.05, 4.69) is 65.3 Å². The first kappa shape index (κ1) is 15.7. The van der Waals surface area contributed by atoms with Gasteiger partial charge in [0.1, 0.15) is 0 Å². The molecule has 0 saturated heterocycles. The average Bonchev–Trinajstić information content (AvgIpc) is 2.08. The molecule has 0 amide bonds. The maximum absolute atomic E-state index is 2.46. The van der Waals surface area contributed by atoms with Crippen LogP contribution < -0.4 is 0 Å². The summed E-state index contributed by atoms with van der Waals surface area (Å²) in [5.41, 5.74) is 6.20. The number of benzene rings is 1. The van der Waals surface area contributed by atoms with Crippen LogP contribution in [0.2, 0.25) is 39.3 Å². The Labute approximate surface area is 116 Å². The van der Waals surface area contributed by atoms with E-state index in [9.17, 15) is 0 Å². The van der Waals surface area contributed by atoms with Crippen molar-refractivity contribution in [1.82, 2.24) is 0 Å². The van der Waals surface area contributed by atoms with E-state index >= 15 is 0 Å². The maximum atomic E-state index is 2.46. The number of aryl methyl sites for hydroxylation is 2. The molecule has 18 heavy (non-hydrogen) atoms. The molecule has 1 aromatic rings. The summed E-state index contributed by atoms with van der Waals surface area (Å²) in [7, 11) is -2.02. The summed E-state index contributed by atoms with van der Waals surface area (Å²) in [6.45, 7) is 19.3. The first-order chi connectivity index (χ1) is 7.98. The monoisotopic (exact) mass is 278 g/mol. The normalized spacial score (nSPS) is 12.9. The van der Waals surface area contributed by atoms with E-state index in [-0.39, 0.29) is 0 Å². The molecule has 0 spiro atoms. The van der Waals surface area contributed by atoms with Crippen LogP contribution in [0.3, 0.4) is 0 Å². The third kappa shape index (κ3) is 5.11. The zero-order valence-corrected chi connectivity index (χ0v) is 15.6. The Hall–Kier alpha value is -0.346. The summed E-state index contributed by atoms with van der Waals surface area (Å²) in [6, 6.07) is 7.55. The minimum atomic E-state index is -1.01. The van der Waals surface area contributed by atoms with Crippen LogP contribution in [0.4, 0.5) is 0 Å². The Morgan fingerprint density at radius 3 is 1.17 bits per heavy atom. The Balaban J connectivity index is 3.05. The third-order valence-corrected chi connectivity index (χ3v) is 6.12. The molecular weight excluding hydrogens is 248 g/mol. The SMILES string of the molecule is Cc1cc(C[Si](C)(C)C)c(C)cc1C[Si](C)(C)C. The molecule has 0 heterocycles. The predicted octanol–water partition coefficient (Wildman–Crippen LogP) is 5.14. The van der Waals surface area contributed by atoms with Crippen molar-refractivity contribution in [2.45, 2.75) is 65.2 Å². The molecule has 0 fully saturated rings. The highest BCUT2D eigenvalue weighted by molar-refractivity contribution is 6.76. The van der Waals surface area contributed by atoms with Crippen LogP contribution in [-0.4, -0.2) is 16.1 Å². The number of hydrogen-bond donors (Lipinski definition) is 0. The first-order valence-corrected chi connectivity index (χ1v) is 14.5. The second kappa shape index (κ2) is 5.34. The summed E-state index contributed by atoms with van der Waals surface area (Å²) in [5.74, 6) is 0. The highest BCUT2D eigenvalue weighted by Gasteiger charge is 2.18. The molecule has 1 rings (SSSR count). The zero-order valence-electron chi connectivity index (χ0n) is 13.6. The van der Waals surface area contributed by atoms with Crippen LogP contribution >= 0.6 is 0 Å². The Morgan fingerprint density at radius 2 is 0.944 bits per heavy atom. The van der Waals surface area contributed by atoms with Crippen molar-refractivity contribution in [2.24, 2.45) is 0 Å². The van der Waals surface area contributed by atoms with Crippen molar-refractivity contribution < 1.29 is 0 Å². The third-order valence-electron chi connectivity index (χ3n) is 3.24. The Morgan fingerprint density at radius 1 is 0.667 bits per heavy atom. The molecule has 0 bridgehead atoms. The highest BCUT2D eigenvalue weighted by atomic mass is 28.3. The van der Waals surface area contributed by atoms with Gasteiger partial charge in [0.2, 0.25) is 0 Å². The van der Waals surface area contributed by atoms with Crippen LogP contribution in [0.25, 0.3) is 0 Å². The van der Waals surface area contributed by atoms with Gasteiger partial charge in [0.05, 0.1) is 0 Å². The fraction of sp³-hybridized carbons (Fsp3) is 0.625. The van der Waals surface area contributed by atoms with E-state index in [1.807, 2.05) is 0 Å². The van der Waals surface area contributed by atoms with Crippen molar-refractivity contribution in [1.29, 1.82) is 0 Å². The van der Waals surface area contributed by atoms with Crippen LogP contribution in [0, 0.1) is 13.8 Å². The van der Waals surface area contributed by atoms with E-state index in [1.165, 1.54) is 23.2 Å². The summed E-state index contributed by atoms with van der Waals surface area (Å²) in [4.78, 5) is 0. The fourth-order valence-electron chi connectivity index (χ4n) is 2.46. The lowest BCUT2D eigenvalue weighted by molar-refractivity contribution is 1.16. The van der Waals surface area contributed by atoms with Gasteiger partial charge in [-0.05, 0) is 48.2 Å². The molecule has 0 aliphatic rings. The van der Waals surface area contributed by atoms with E-state index in [4.69, 9.17) is 0 Å². The van der Waals surface area contributed by atoms with Gasteiger partial charge in [0, 0.05) is 16.1 Å². The van der Waals surface area contributed by atoms with Gasteiger partial charge in [0.15, 0.2) is 0 Å². The summed E-state index contributed by atoms with van der Waals surface area (Å²) in [6.07, 6.45) is 0. The number of rotatable bonds is 4. The highest BCUT2D eigenvalue weighted by Crippen LogP contribution is 2.23. The lowest BCUT2D eigenvalue weighted by Gasteiger charge is -2.22. The van der Waals surface area contributed by atoms with E-state index in [1.54, 1.807) is 11.1 Å². The van der Waals surface area contributed by atoms with Crippen LogP contribution in [0.5, 0.6) is 0 Å². The van der Waals surface area contributed by atoms with Crippen molar-refractivity contribution in [3.63, 3.8) is 0 Å². The number of hydrogen-bond acceptors (Lipinski definition) is 0. The van der Waals surface area contributed by atoms with Gasteiger partial charge in [0.25, 0.3) is 0 Å². The second-order valence-corrected chi connectivity index (χ2v) is 19.1. The lowest BCUT2D eigenvalue weighted by Crippen LogP contribution is -2.26. The quantitative estimate of drug-likeness (QED) is 0.669. The molecule has 0 aliphatic heterocycles. The largest absolute Gasteiger partial charge is 0.0693 e. The second-order valence-electron chi connectivity index (χ2n) is 8.18. The molecule has 102 valence electrons. The zero-order chi connectivity index (χ0) is 14.1. The molecule has 0 nitrogen and oxygen atoms in total. The predicted molar refractivity (Wildman–Crippen MR) is 90.0 cm³/mol. The van der Waals surface area contributed by atoms with Crippen molar-refractivity contribution in [3.05, 3.63) is 34.4 Å². The van der Waals surface area contributed by atoms with Crippen molar-refractivity contribution >= 4 is 16.1 Å². The molecule has 0 N–H and O–H groups in total. The average molecular weight is 279 g/mol. The van der Waals surface area contributed by atoms with Gasteiger partial charge in [-0.15, -0.1) is 0 Å². The van der Waals surface area contributed by atoms with E-state index in [0.29, 0.717) is 0 Å². The van der Waals surface area contributed by atoms with Crippen molar-refractivity contribution in [3.8, 4) is 0 Å². The van der Waals surface area contributed by atoms with Gasteiger partial charge < -0.3 is 0 Å². The maximum Gasteiger partial charge on any atom is 0.0487 e. The summed E-state index contributed by atoms with van der Waals surface area (Å²) < 4.78 is 0. The van der Waals surface area contributed by atoms with Gasteiger partial charge in [-0.3, -0.25) is 0 Å². The molecule has 0 aliphatic carbocycles. The molecule has 0 radical (unpaired) electrons.